The highest BCUT2D eigenvalue weighted by molar-refractivity contribution is 6.28. The van der Waals surface area contributed by atoms with Crippen molar-refractivity contribution in [3.05, 3.63) is 35.9 Å². The van der Waals surface area contributed by atoms with Gasteiger partial charge in [-0.15, -0.1) is 0 Å². The van der Waals surface area contributed by atoms with E-state index in [9.17, 15) is 14.4 Å². The van der Waals surface area contributed by atoms with Crippen molar-refractivity contribution < 1.29 is 14.4 Å². The minimum Gasteiger partial charge on any atom is -0.371 e. The van der Waals surface area contributed by atoms with E-state index in [1.807, 2.05) is 18.2 Å². The number of nitrogens with one attached hydrogen (secondary N) is 1. The summed E-state index contributed by atoms with van der Waals surface area (Å²) in [4.78, 5) is 41.2. The van der Waals surface area contributed by atoms with Gasteiger partial charge < -0.3 is 10.6 Å². The van der Waals surface area contributed by atoms with E-state index >= 15 is 0 Å². The second-order valence-electron chi connectivity index (χ2n) is 8.48. The molecule has 7 heteroatoms. The van der Waals surface area contributed by atoms with Crippen molar-refractivity contribution in [3.63, 3.8) is 0 Å². The first kappa shape index (κ1) is 19.1. The molecule has 3 N–H and O–H groups in total. The maximum Gasteiger partial charge on any atom is 0.259 e. The number of nitrogens with zero attached hydrogens (tertiary/aromatic N) is 2. The quantitative estimate of drug-likeness (QED) is 0.759. The number of benzene rings is 2. The number of hydrogen-bond donors (Lipinski definition) is 2. The summed E-state index contributed by atoms with van der Waals surface area (Å²) in [7, 11) is 0. The molecule has 156 valence electrons. The molecule has 1 unspecified atom stereocenters. The minimum atomic E-state index is -0.649. The molecule has 0 saturated carbocycles. The standard InChI is InChI=1S/C23H26N4O3/c24-11-8-14-9-12-26(13-10-14)17-4-5-18-21-15(17)2-1-3-16(21)23(30)27(18)19-6-7-20(28)25-22(19)29/h1-5,14,19H,6-13,24H2,(H,25,28,29). The fourth-order valence-electron chi connectivity index (χ4n) is 5.20. The zero-order valence-corrected chi connectivity index (χ0v) is 16.9. The third kappa shape index (κ3) is 2.96. The molecule has 30 heavy (non-hydrogen) atoms. The second-order valence-corrected chi connectivity index (χ2v) is 8.48. The average Bonchev–Trinajstić information content (AvgIpc) is 3.03. The van der Waals surface area contributed by atoms with Crippen molar-refractivity contribution in [3.8, 4) is 0 Å². The molecule has 5 rings (SSSR count). The van der Waals surface area contributed by atoms with Crippen LogP contribution in [-0.4, -0.2) is 43.4 Å². The number of anilines is 2. The number of piperidine rings is 2. The number of amides is 3. The summed E-state index contributed by atoms with van der Waals surface area (Å²) in [6.07, 6.45) is 3.92. The summed E-state index contributed by atoms with van der Waals surface area (Å²) in [5, 5.41) is 4.33. The van der Waals surface area contributed by atoms with E-state index in [4.69, 9.17) is 5.73 Å². The number of rotatable bonds is 4. The Labute approximate surface area is 175 Å². The fourth-order valence-corrected chi connectivity index (χ4v) is 5.20. The highest BCUT2D eigenvalue weighted by atomic mass is 16.2. The molecule has 2 aromatic rings. The van der Waals surface area contributed by atoms with Crippen LogP contribution in [-0.2, 0) is 9.59 Å². The molecule has 2 fully saturated rings. The first-order chi connectivity index (χ1) is 14.6. The van der Waals surface area contributed by atoms with Gasteiger partial charge in [0.25, 0.3) is 5.91 Å². The lowest BCUT2D eigenvalue weighted by atomic mass is 9.92. The summed E-state index contributed by atoms with van der Waals surface area (Å²) in [5.74, 6) is -0.151. The van der Waals surface area contributed by atoms with Crippen LogP contribution in [0.3, 0.4) is 0 Å². The van der Waals surface area contributed by atoms with Crippen LogP contribution in [0.5, 0.6) is 0 Å². The molecule has 0 radical (unpaired) electrons. The van der Waals surface area contributed by atoms with E-state index in [1.54, 1.807) is 4.90 Å². The highest BCUT2D eigenvalue weighted by Gasteiger charge is 2.41. The number of carbonyl (C=O) groups excluding carboxylic acids is 3. The van der Waals surface area contributed by atoms with Crippen LogP contribution in [0.4, 0.5) is 11.4 Å². The summed E-state index contributed by atoms with van der Waals surface area (Å²) in [5.41, 5.74) is 8.26. The molecule has 3 aliphatic heterocycles. The van der Waals surface area contributed by atoms with E-state index in [0.717, 1.165) is 61.0 Å². The summed E-state index contributed by atoms with van der Waals surface area (Å²) in [6.45, 7) is 2.70. The summed E-state index contributed by atoms with van der Waals surface area (Å²) < 4.78 is 0. The molecule has 7 nitrogen and oxygen atoms in total. The lowest BCUT2D eigenvalue weighted by Crippen LogP contribution is -2.53. The van der Waals surface area contributed by atoms with Crippen molar-refractivity contribution in [1.82, 2.24) is 5.32 Å². The van der Waals surface area contributed by atoms with Gasteiger partial charge in [-0.2, -0.15) is 0 Å². The molecule has 1 atom stereocenters. The molecular weight excluding hydrogens is 380 g/mol. The van der Waals surface area contributed by atoms with Crippen LogP contribution in [0, 0.1) is 5.92 Å². The summed E-state index contributed by atoms with van der Waals surface area (Å²) in [6, 6.07) is 9.19. The maximum atomic E-state index is 13.2. The molecule has 0 spiro atoms. The lowest BCUT2D eigenvalue weighted by molar-refractivity contribution is -0.134. The Morgan fingerprint density at radius 2 is 1.77 bits per heavy atom. The first-order valence-electron chi connectivity index (χ1n) is 10.8. The minimum absolute atomic E-state index is 0.163. The normalized spacial score (nSPS) is 22.2. The molecular formula is C23H26N4O3. The summed E-state index contributed by atoms with van der Waals surface area (Å²) >= 11 is 0. The highest BCUT2D eigenvalue weighted by Crippen LogP contribution is 2.43. The Morgan fingerprint density at radius 1 is 1.00 bits per heavy atom. The predicted molar refractivity (Wildman–Crippen MR) is 116 cm³/mol. The van der Waals surface area contributed by atoms with Crippen molar-refractivity contribution in [2.24, 2.45) is 11.7 Å². The van der Waals surface area contributed by atoms with Crippen LogP contribution in [0.1, 0.15) is 42.5 Å². The average molecular weight is 406 g/mol. The van der Waals surface area contributed by atoms with Crippen molar-refractivity contribution in [2.45, 2.75) is 38.1 Å². The smallest absolute Gasteiger partial charge is 0.259 e. The van der Waals surface area contributed by atoms with Gasteiger partial charge in [-0.05, 0) is 56.3 Å². The van der Waals surface area contributed by atoms with Gasteiger partial charge in [0, 0.05) is 41.5 Å². The van der Waals surface area contributed by atoms with E-state index in [2.05, 4.69) is 22.3 Å². The molecule has 0 aliphatic carbocycles. The van der Waals surface area contributed by atoms with E-state index in [1.165, 1.54) is 0 Å². The monoisotopic (exact) mass is 406 g/mol. The number of hydrogen-bond acceptors (Lipinski definition) is 5. The topological polar surface area (TPSA) is 95.7 Å². The van der Waals surface area contributed by atoms with Crippen LogP contribution < -0.4 is 20.9 Å². The Morgan fingerprint density at radius 3 is 2.50 bits per heavy atom. The van der Waals surface area contributed by atoms with Gasteiger partial charge in [0.2, 0.25) is 11.8 Å². The Balaban J connectivity index is 1.51. The maximum absolute atomic E-state index is 13.2. The van der Waals surface area contributed by atoms with Gasteiger partial charge in [0.05, 0.1) is 5.69 Å². The van der Waals surface area contributed by atoms with Crippen molar-refractivity contribution in [1.29, 1.82) is 0 Å². The Bertz CT molecular complexity index is 1040. The van der Waals surface area contributed by atoms with E-state index < -0.39 is 11.9 Å². The molecule has 2 aromatic carbocycles. The van der Waals surface area contributed by atoms with Gasteiger partial charge in [-0.25, -0.2) is 0 Å². The first-order valence-corrected chi connectivity index (χ1v) is 10.8. The zero-order chi connectivity index (χ0) is 20.8. The molecule has 0 aromatic heterocycles. The van der Waals surface area contributed by atoms with Gasteiger partial charge in [-0.3, -0.25) is 24.6 Å². The Hall–Kier alpha value is -2.93. The van der Waals surface area contributed by atoms with E-state index in [0.29, 0.717) is 17.9 Å². The third-order valence-corrected chi connectivity index (χ3v) is 6.76. The van der Waals surface area contributed by atoms with Crippen LogP contribution in [0.15, 0.2) is 30.3 Å². The van der Waals surface area contributed by atoms with Crippen LogP contribution >= 0.6 is 0 Å². The largest absolute Gasteiger partial charge is 0.371 e. The predicted octanol–water partition coefficient (Wildman–Crippen LogP) is 2.17. The number of nitrogens with two attached hydrogens (primary N) is 1. The molecule has 2 saturated heterocycles. The zero-order valence-electron chi connectivity index (χ0n) is 16.9. The van der Waals surface area contributed by atoms with Gasteiger partial charge in [-0.1, -0.05) is 12.1 Å². The fraction of sp³-hybridized carbons (Fsp3) is 0.435. The number of carbonyl (C=O) groups is 3. The second kappa shape index (κ2) is 7.40. The van der Waals surface area contributed by atoms with Crippen molar-refractivity contribution >= 4 is 39.9 Å². The molecule has 3 aliphatic rings. The molecule has 3 heterocycles. The van der Waals surface area contributed by atoms with Gasteiger partial charge in [0.15, 0.2) is 0 Å². The van der Waals surface area contributed by atoms with Gasteiger partial charge >= 0.3 is 0 Å². The lowest BCUT2D eigenvalue weighted by Gasteiger charge is -2.34. The van der Waals surface area contributed by atoms with Crippen molar-refractivity contribution in [2.75, 3.05) is 29.4 Å². The third-order valence-electron chi connectivity index (χ3n) is 6.76. The Kier molecular flexibility index (Phi) is 4.70. The van der Waals surface area contributed by atoms with E-state index in [-0.39, 0.29) is 18.2 Å². The van der Waals surface area contributed by atoms with Gasteiger partial charge in [0.1, 0.15) is 6.04 Å². The molecule has 3 amide bonds. The SMILES string of the molecule is NCCC1CCN(c2ccc3c4c(cccc24)C(=O)N3C2CCC(=O)NC2=O)CC1. The van der Waals surface area contributed by atoms with Crippen LogP contribution in [0.25, 0.3) is 10.8 Å². The van der Waals surface area contributed by atoms with Crippen LogP contribution in [0.2, 0.25) is 0 Å². The molecule has 0 bridgehead atoms. The number of imide groups is 1.